The van der Waals surface area contributed by atoms with Crippen LogP contribution in [0, 0.1) is 0 Å². The fraction of sp³-hybridized carbons (Fsp3) is 0.300. The largest absolute Gasteiger partial charge is 0.497 e. The van der Waals surface area contributed by atoms with Crippen molar-refractivity contribution in [3.8, 4) is 5.75 Å². The smallest absolute Gasteiger partial charge is 0.338 e. The van der Waals surface area contributed by atoms with Gasteiger partial charge in [-0.1, -0.05) is 0 Å². The molecule has 0 saturated heterocycles. The van der Waals surface area contributed by atoms with Crippen LogP contribution in [0.15, 0.2) is 48.5 Å². The molecule has 0 aliphatic heterocycles. The van der Waals surface area contributed by atoms with Gasteiger partial charge in [-0.25, -0.2) is 13.2 Å². The van der Waals surface area contributed by atoms with Crippen molar-refractivity contribution < 1.29 is 27.5 Å². The SMILES string of the molecule is CCOC(=O)c1ccc(NC(=O)[C@H](C)N(c2ccc(OC)cc2)S(C)(=O)=O)cc1. The van der Waals surface area contributed by atoms with Crippen LogP contribution in [0.1, 0.15) is 24.2 Å². The summed E-state index contributed by atoms with van der Waals surface area (Å²) < 4.78 is 35.7. The highest BCUT2D eigenvalue weighted by atomic mass is 32.2. The first-order valence-corrected chi connectivity index (χ1v) is 10.7. The monoisotopic (exact) mass is 420 g/mol. The Morgan fingerprint density at radius 3 is 2.14 bits per heavy atom. The Morgan fingerprint density at radius 1 is 1.07 bits per heavy atom. The predicted octanol–water partition coefficient (Wildman–Crippen LogP) is 2.67. The number of hydrogen-bond acceptors (Lipinski definition) is 6. The van der Waals surface area contributed by atoms with E-state index in [1.54, 1.807) is 43.3 Å². The predicted molar refractivity (Wildman–Crippen MR) is 111 cm³/mol. The van der Waals surface area contributed by atoms with Crippen LogP contribution >= 0.6 is 0 Å². The van der Waals surface area contributed by atoms with Gasteiger partial charge in [0.05, 0.1) is 31.2 Å². The lowest BCUT2D eigenvalue weighted by Crippen LogP contribution is -2.45. The lowest BCUT2D eigenvalue weighted by atomic mass is 10.2. The molecular weight excluding hydrogens is 396 g/mol. The Balaban J connectivity index is 2.19. The molecule has 0 aromatic heterocycles. The first-order chi connectivity index (χ1) is 13.7. The molecule has 0 heterocycles. The minimum atomic E-state index is -3.73. The number of esters is 1. The fourth-order valence-corrected chi connectivity index (χ4v) is 3.86. The molecule has 0 aliphatic carbocycles. The minimum Gasteiger partial charge on any atom is -0.497 e. The van der Waals surface area contributed by atoms with Crippen molar-refractivity contribution in [2.24, 2.45) is 0 Å². The van der Waals surface area contributed by atoms with E-state index in [1.807, 2.05) is 0 Å². The lowest BCUT2D eigenvalue weighted by Gasteiger charge is -2.28. The molecule has 29 heavy (non-hydrogen) atoms. The second-order valence-electron chi connectivity index (χ2n) is 6.22. The van der Waals surface area contributed by atoms with E-state index in [9.17, 15) is 18.0 Å². The third-order valence-corrected chi connectivity index (χ3v) is 5.32. The zero-order valence-electron chi connectivity index (χ0n) is 16.7. The van der Waals surface area contributed by atoms with Gasteiger partial charge in [0.25, 0.3) is 0 Å². The molecule has 1 amide bonds. The first-order valence-electron chi connectivity index (χ1n) is 8.89. The van der Waals surface area contributed by atoms with Crippen LogP contribution in [0.3, 0.4) is 0 Å². The van der Waals surface area contributed by atoms with Crippen LogP contribution in [-0.4, -0.2) is 46.3 Å². The second kappa shape index (κ2) is 9.42. The molecule has 1 atom stereocenters. The summed E-state index contributed by atoms with van der Waals surface area (Å²) in [5, 5.41) is 2.66. The van der Waals surface area contributed by atoms with Crippen LogP contribution in [0.5, 0.6) is 5.75 Å². The molecule has 2 aromatic carbocycles. The molecule has 2 aromatic rings. The Labute approximate surface area is 170 Å². The molecule has 9 heteroatoms. The number of carbonyl (C=O) groups excluding carboxylic acids is 2. The molecule has 0 unspecified atom stereocenters. The summed E-state index contributed by atoms with van der Waals surface area (Å²) in [6, 6.07) is 11.5. The maximum atomic E-state index is 12.7. The summed E-state index contributed by atoms with van der Waals surface area (Å²) in [7, 11) is -2.22. The standard InChI is InChI=1S/C20H24N2O6S/c1-5-28-20(24)15-6-8-16(9-7-15)21-19(23)14(2)22(29(4,25)26)17-10-12-18(27-3)13-11-17/h6-14H,5H2,1-4H3,(H,21,23)/t14-/m0/s1. The van der Waals surface area contributed by atoms with Gasteiger partial charge in [0.2, 0.25) is 15.9 Å². The average Bonchev–Trinajstić information content (AvgIpc) is 2.68. The van der Waals surface area contributed by atoms with Crippen molar-refractivity contribution in [1.29, 1.82) is 0 Å². The third-order valence-electron chi connectivity index (χ3n) is 4.08. The van der Waals surface area contributed by atoms with Gasteiger partial charge in [-0.2, -0.15) is 0 Å². The highest BCUT2D eigenvalue weighted by Gasteiger charge is 2.29. The van der Waals surface area contributed by atoms with Gasteiger partial charge < -0.3 is 14.8 Å². The van der Waals surface area contributed by atoms with Crippen LogP contribution < -0.4 is 14.4 Å². The van der Waals surface area contributed by atoms with Gasteiger partial charge in [-0.05, 0) is 62.4 Å². The zero-order valence-corrected chi connectivity index (χ0v) is 17.5. The van der Waals surface area contributed by atoms with Gasteiger partial charge in [0.15, 0.2) is 0 Å². The molecule has 2 rings (SSSR count). The van der Waals surface area contributed by atoms with E-state index in [1.165, 1.54) is 26.2 Å². The topological polar surface area (TPSA) is 102 Å². The Kier molecular flexibility index (Phi) is 7.22. The number of sulfonamides is 1. The number of carbonyl (C=O) groups is 2. The maximum absolute atomic E-state index is 12.7. The van der Waals surface area contributed by atoms with Gasteiger partial charge in [-0.3, -0.25) is 9.10 Å². The van der Waals surface area contributed by atoms with Crippen LogP contribution in [-0.2, 0) is 19.6 Å². The van der Waals surface area contributed by atoms with E-state index >= 15 is 0 Å². The molecule has 0 spiro atoms. The fourth-order valence-electron chi connectivity index (χ4n) is 2.69. The minimum absolute atomic E-state index is 0.265. The van der Waals surface area contributed by atoms with Crippen LogP contribution in [0.2, 0.25) is 0 Å². The van der Waals surface area contributed by atoms with E-state index in [-0.39, 0.29) is 6.61 Å². The quantitative estimate of drug-likeness (QED) is 0.659. The van der Waals surface area contributed by atoms with Gasteiger partial charge in [-0.15, -0.1) is 0 Å². The molecule has 0 aliphatic rings. The summed E-state index contributed by atoms with van der Waals surface area (Å²) >= 11 is 0. The highest BCUT2D eigenvalue weighted by molar-refractivity contribution is 7.92. The van der Waals surface area contributed by atoms with Crippen LogP contribution in [0.25, 0.3) is 0 Å². The molecule has 0 bridgehead atoms. The van der Waals surface area contributed by atoms with Gasteiger partial charge in [0.1, 0.15) is 11.8 Å². The highest BCUT2D eigenvalue weighted by Crippen LogP contribution is 2.24. The number of amides is 1. The normalized spacial score (nSPS) is 12.0. The second-order valence-corrected chi connectivity index (χ2v) is 8.08. The molecule has 8 nitrogen and oxygen atoms in total. The third kappa shape index (κ3) is 5.71. The molecule has 1 N–H and O–H groups in total. The number of anilines is 2. The van der Waals surface area contributed by atoms with E-state index in [0.29, 0.717) is 22.7 Å². The van der Waals surface area contributed by atoms with Crippen molar-refractivity contribution >= 4 is 33.3 Å². The van der Waals surface area contributed by atoms with E-state index in [2.05, 4.69) is 5.32 Å². The van der Waals surface area contributed by atoms with E-state index in [4.69, 9.17) is 9.47 Å². The van der Waals surface area contributed by atoms with Gasteiger partial charge in [0, 0.05) is 5.69 Å². The summed E-state index contributed by atoms with van der Waals surface area (Å²) in [5.74, 6) is -0.405. The zero-order chi connectivity index (χ0) is 21.6. The molecule has 0 radical (unpaired) electrons. The Hall–Kier alpha value is -3.07. The number of hydrogen-bond donors (Lipinski definition) is 1. The van der Waals surface area contributed by atoms with Crippen molar-refractivity contribution in [3.63, 3.8) is 0 Å². The first kappa shape index (κ1) is 22.2. The summed E-state index contributed by atoms with van der Waals surface area (Å²) in [5.41, 5.74) is 1.13. The number of methoxy groups -OCH3 is 1. The molecule has 0 saturated carbocycles. The molecule has 0 fully saturated rings. The van der Waals surface area contributed by atoms with Crippen molar-refractivity contribution in [3.05, 3.63) is 54.1 Å². The summed E-state index contributed by atoms with van der Waals surface area (Å²) in [6.07, 6.45) is 1.04. The lowest BCUT2D eigenvalue weighted by molar-refractivity contribution is -0.116. The van der Waals surface area contributed by atoms with Gasteiger partial charge >= 0.3 is 5.97 Å². The number of rotatable bonds is 8. The Morgan fingerprint density at radius 2 is 1.66 bits per heavy atom. The number of nitrogens with one attached hydrogen (secondary N) is 1. The maximum Gasteiger partial charge on any atom is 0.338 e. The average molecular weight is 420 g/mol. The number of ether oxygens (including phenoxy) is 2. The molecular formula is C20H24N2O6S. The summed E-state index contributed by atoms with van der Waals surface area (Å²) in [4.78, 5) is 24.4. The summed E-state index contributed by atoms with van der Waals surface area (Å²) in [6.45, 7) is 3.47. The van der Waals surface area contributed by atoms with Crippen molar-refractivity contribution in [1.82, 2.24) is 0 Å². The van der Waals surface area contributed by atoms with E-state index in [0.717, 1.165) is 10.6 Å². The van der Waals surface area contributed by atoms with E-state index < -0.39 is 27.9 Å². The Bertz CT molecular complexity index is 955. The molecule has 156 valence electrons. The van der Waals surface area contributed by atoms with Crippen molar-refractivity contribution in [2.45, 2.75) is 19.9 Å². The van der Waals surface area contributed by atoms with Crippen molar-refractivity contribution in [2.75, 3.05) is 29.6 Å². The number of nitrogens with zero attached hydrogens (tertiary/aromatic N) is 1. The van der Waals surface area contributed by atoms with Crippen LogP contribution in [0.4, 0.5) is 11.4 Å². The number of benzene rings is 2.